The number of carbonyl (C=O) groups excluding carboxylic acids is 2. The third-order valence-corrected chi connectivity index (χ3v) is 7.56. The monoisotopic (exact) mass is 691 g/mol. The molecule has 0 aliphatic heterocycles. The van der Waals surface area contributed by atoms with E-state index in [-0.39, 0.29) is 25.2 Å². The van der Waals surface area contributed by atoms with Gasteiger partial charge in [0.2, 0.25) is 0 Å². The van der Waals surface area contributed by atoms with Gasteiger partial charge in [0.15, 0.2) is 6.10 Å². The lowest BCUT2D eigenvalue weighted by Crippen LogP contribution is -2.28. The minimum absolute atomic E-state index is 0.100. The number of allylic oxidation sites excluding steroid dienone is 18. The van der Waals surface area contributed by atoms with Gasteiger partial charge >= 0.3 is 11.9 Å². The molecule has 1 unspecified atom stereocenters. The first-order valence-electron chi connectivity index (χ1n) is 19.4. The quantitative estimate of drug-likeness (QED) is 0.0421. The van der Waals surface area contributed by atoms with Crippen molar-refractivity contribution in [2.75, 3.05) is 13.2 Å². The minimum Gasteiger partial charge on any atom is -0.462 e. The van der Waals surface area contributed by atoms with Crippen LogP contribution in [0.2, 0.25) is 0 Å². The van der Waals surface area contributed by atoms with Gasteiger partial charge in [-0.25, -0.2) is 0 Å². The fraction of sp³-hybridized carbons (Fsp3) is 0.556. The topological polar surface area (TPSA) is 72.8 Å². The molecule has 0 rings (SSSR count). The van der Waals surface area contributed by atoms with Gasteiger partial charge in [0.25, 0.3) is 0 Å². The van der Waals surface area contributed by atoms with Crippen molar-refractivity contribution in [3.8, 4) is 0 Å². The van der Waals surface area contributed by atoms with Crippen molar-refractivity contribution in [2.24, 2.45) is 0 Å². The van der Waals surface area contributed by atoms with E-state index in [4.69, 9.17) is 9.47 Å². The Morgan fingerprint density at radius 1 is 0.460 bits per heavy atom. The molecule has 0 saturated heterocycles. The van der Waals surface area contributed by atoms with Crippen molar-refractivity contribution < 1.29 is 24.2 Å². The zero-order valence-electron chi connectivity index (χ0n) is 31.6. The van der Waals surface area contributed by atoms with Gasteiger partial charge in [0.1, 0.15) is 6.61 Å². The Kier molecular flexibility index (Phi) is 37.2. The van der Waals surface area contributed by atoms with Gasteiger partial charge in [0.05, 0.1) is 6.61 Å². The fourth-order valence-corrected chi connectivity index (χ4v) is 4.69. The number of hydrogen-bond donors (Lipinski definition) is 1. The maximum atomic E-state index is 12.2. The van der Waals surface area contributed by atoms with E-state index < -0.39 is 6.10 Å². The molecule has 0 amide bonds. The highest BCUT2D eigenvalue weighted by molar-refractivity contribution is 5.70. The smallest absolute Gasteiger partial charge is 0.306 e. The summed E-state index contributed by atoms with van der Waals surface area (Å²) in [6, 6.07) is 0. The van der Waals surface area contributed by atoms with E-state index in [0.717, 1.165) is 116 Å². The largest absolute Gasteiger partial charge is 0.462 e. The van der Waals surface area contributed by atoms with Crippen LogP contribution in [-0.4, -0.2) is 36.4 Å². The maximum absolute atomic E-state index is 12.2. The highest BCUT2D eigenvalue weighted by atomic mass is 16.6. The molecular weight excluding hydrogens is 620 g/mol. The summed E-state index contributed by atoms with van der Waals surface area (Å²) in [7, 11) is 0. The van der Waals surface area contributed by atoms with Crippen LogP contribution in [0.4, 0.5) is 0 Å². The first-order chi connectivity index (χ1) is 24.6. The molecule has 0 aromatic carbocycles. The van der Waals surface area contributed by atoms with Gasteiger partial charge in [0, 0.05) is 12.8 Å². The third kappa shape index (κ3) is 37.4. The molecule has 0 aliphatic carbocycles. The van der Waals surface area contributed by atoms with E-state index in [1.807, 2.05) is 0 Å². The Bertz CT molecular complexity index is 1050. The molecule has 50 heavy (non-hydrogen) atoms. The Balaban J connectivity index is 3.73. The lowest BCUT2D eigenvalue weighted by molar-refractivity contribution is -0.161. The van der Waals surface area contributed by atoms with Crippen molar-refractivity contribution in [1.82, 2.24) is 0 Å². The van der Waals surface area contributed by atoms with E-state index >= 15 is 0 Å². The third-order valence-electron chi connectivity index (χ3n) is 7.56. The Labute approximate surface area is 306 Å². The van der Waals surface area contributed by atoms with Crippen LogP contribution in [0.5, 0.6) is 0 Å². The van der Waals surface area contributed by atoms with Gasteiger partial charge in [-0.1, -0.05) is 142 Å². The van der Waals surface area contributed by atoms with Crippen LogP contribution >= 0.6 is 0 Å². The molecule has 0 aromatic rings. The second kappa shape index (κ2) is 40.0. The molecule has 0 spiro atoms. The molecule has 0 bridgehead atoms. The molecular formula is C45H70O5. The summed E-state index contributed by atoms with van der Waals surface area (Å²) >= 11 is 0. The molecule has 5 nitrogen and oxygen atoms in total. The van der Waals surface area contributed by atoms with Crippen molar-refractivity contribution in [2.45, 2.75) is 148 Å². The number of carbonyl (C=O) groups is 2. The van der Waals surface area contributed by atoms with Gasteiger partial charge in [-0.2, -0.15) is 0 Å². The van der Waals surface area contributed by atoms with E-state index in [9.17, 15) is 14.7 Å². The average Bonchev–Trinajstić information content (AvgIpc) is 3.12. The molecule has 5 heteroatoms. The highest BCUT2D eigenvalue weighted by Gasteiger charge is 2.16. The predicted octanol–water partition coefficient (Wildman–Crippen LogP) is 12.3. The first kappa shape index (κ1) is 46.6. The normalized spacial score (nSPS) is 13.4. The van der Waals surface area contributed by atoms with E-state index in [1.165, 1.54) is 0 Å². The van der Waals surface area contributed by atoms with Crippen LogP contribution in [0, 0.1) is 0 Å². The Hall–Kier alpha value is -3.44. The lowest BCUT2D eigenvalue weighted by Gasteiger charge is -2.15. The van der Waals surface area contributed by atoms with Gasteiger partial charge < -0.3 is 14.6 Å². The Morgan fingerprint density at radius 2 is 0.800 bits per heavy atom. The summed E-state index contributed by atoms with van der Waals surface area (Å²) in [4.78, 5) is 24.3. The maximum Gasteiger partial charge on any atom is 0.306 e. The number of ether oxygens (including phenoxy) is 2. The van der Waals surface area contributed by atoms with Crippen LogP contribution in [-0.2, 0) is 19.1 Å². The molecule has 1 atom stereocenters. The van der Waals surface area contributed by atoms with Crippen LogP contribution < -0.4 is 0 Å². The zero-order valence-corrected chi connectivity index (χ0v) is 31.6. The molecule has 0 radical (unpaired) electrons. The van der Waals surface area contributed by atoms with Gasteiger partial charge in [-0.15, -0.1) is 0 Å². The number of aliphatic hydroxyl groups excluding tert-OH is 1. The van der Waals surface area contributed by atoms with Crippen LogP contribution in [0.3, 0.4) is 0 Å². The summed E-state index contributed by atoms with van der Waals surface area (Å²) in [5, 5.41) is 9.55. The number of aliphatic hydroxyl groups is 1. The molecule has 280 valence electrons. The van der Waals surface area contributed by atoms with E-state index in [1.54, 1.807) is 0 Å². The van der Waals surface area contributed by atoms with Crippen molar-refractivity contribution in [1.29, 1.82) is 0 Å². The van der Waals surface area contributed by atoms with Crippen molar-refractivity contribution in [3.05, 3.63) is 109 Å². The predicted molar refractivity (Wildman–Crippen MR) is 214 cm³/mol. The van der Waals surface area contributed by atoms with Gasteiger partial charge in [-0.05, 0) is 96.3 Å². The standard InChI is InChI=1S/C45H70O5/c1-3-5-7-9-11-13-15-17-19-21-22-24-26-28-30-32-34-36-38-40-45(48)50-43(41-46)42-49-44(47)39-37-35-33-31-29-27-25-23-20-18-16-14-12-10-8-6-4-2/h5-8,11-14,17-20,22,24-25,27-28,30,43,46H,3-4,9-10,15-16,21,23,26,29,31-42H2,1-2H3. The fourth-order valence-electron chi connectivity index (χ4n) is 4.69. The second-order valence-electron chi connectivity index (χ2n) is 12.2. The summed E-state index contributed by atoms with van der Waals surface area (Å²) in [6.45, 7) is 3.83. The number of hydrogen-bond acceptors (Lipinski definition) is 5. The molecule has 0 aromatic heterocycles. The first-order valence-corrected chi connectivity index (χ1v) is 19.4. The summed E-state index contributed by atoms with van der Waals surface area (Å²) in [5.41, 5.74) is 0. The molecule has 0 saturated carbocycles. The summed E-state index contributed by atoms with van der Waals surface area (Å²) < 4.78 is 10.6. The molecule has 0 fully saturated rings. The average molecular weight is 691 g/mol. The van der Waals surface area contributed by atoms with Crippen LogP contribution in [0.1, 0.15) is 142 Å². The van der Waals surface area contributed by atoms with Crippen molar-refractivity contribution >= 4 is 11.9 Å². The van der Waals surface area contributed by atoms with Crippen LogP contribution in [0.25, 0.3) is 0 Å². The molecule has 0 aliphatic rings. The Morgan fingerprint density at radius 3 is 1.20 bits per heavy atom. The van der Waals surface area contributed by atoms with Gasteiger partial charge in [-0.3, -0.25) is 9.59 Å². The van der Waals surface area contributed by atoms with Crippen molar-refractivity contribution in [3.63, 3.8) is 0 Å². The SMILES string of the molecule is CCC=CCC=CCC=CCC=CCC=CCCCCCC(=O)OC(CO)COC(=O)CCCCCCC=CCC=CCC=CCC=CCC. The minimum atomic E-state index is -0.807. The van der Waals surface area contributed by atoms with E-state index in [0.29, 0.717) is 12.8 Å². The summed E-state index contributed by atoms with van der Waals surface area (Å²) in [6.07, 6.45) is 57.1. The second-order valence-corrected chi connectivity index (χ2v) is 12.2. The molecule has 1 N–H and O–H groups in total. The lowest BCUT2D eigenvalue weighted by atomic mass is 10.1. The highest BCUT2D eigenvalue weighted by Crippen LogP contribution is 2.09. The zero-order chi connectivity index (χ0) is 36.4. The van der Waals surface area contributed by atoms with Crippen LogP contribution in [0.15, 0.2) is 109 Å². The number of rotatable bonds is 33. The molecule has 0 heterocycles. The number of unbranched alkanes of at least 4 members (excludes halogenated alkanes) is 7. The summed E-state index contributed by atoms with van der Waals surface area (Å²) in [5.74, 6) is -0.670. The number of esters is 2. The van der Waals surface area contributed by atoms with E-state index in [2.05, 4.69) is 123 Å².